The number of amides is 1. The van der Waals surface area contributed by atoms with Gasteiger partial charge in [-0.3, -0.25) is 0 Å². The van der Waals surface area contributed by atoms with Crippen LogP contribution in [0.25, 0.3) is 0 Å². The van der Waals surface area contributed by atoms with Crippen LogP contribution < -0.4 is 0 Å². The number of rotatable bonds is 2. The fourth-order valence-electron chi connectivity index (χ4n) is 1.87. The number of hydrogen-bond donors (Lipinski definition) is 0. The first kappa shape index (κ1) is 15.3. The van der Waals surface area contributed by atoms with Crippen molar-refractivity contribution in [3.05, 3.63) is 0 Å². The largest absolute Gasteiger partial charge is 0.444 e. The quantitative estimate of drug-likeness (QED) is 0.772. The van der Waals surface area contributed by atoms with Crippen LogP contribution in [0.15, 0.2) is 0 Å². The lowest BCUT2D eigenvalue weighted by Gasteiger charge is -2.24. The van der Waals surface area contributed by atoms with E-state index in [4.69, 9.17) is 4.74 Å². The Kier molecular flexibility index (Phi) is 4.30. The Bertz CT molecular complexity index is 408. The molecule has 0 radical (unpaired) electrons. The molecule has 1 rings (SSSR count). The molecule has 1 atom stereocenters. The lowest BCUT2D eigenvalue weighted by Crippen LogP contribution is -2.37. The van der Waals surface area contributed by atoms with E-state index in [0.29, 0.717) is 13.0 Å². The molecule has 5 nitrogen and oxygen atoms in total. The van der Waals surface area contributed by atoms with Crippen molar-refractivity contribution in [2.45, 2.75) is 57.1 Å². The van der Waals surface area contributed by atoms with Crippen LogP contribution in [0.1, 0.15) is 41.0 Å². The standard InChI is InChI=1S/C12H23NO4S/c1-9(2)18(15,16)10-6-7-13(8-10)11(14)17-12(3,4)5/h9-10H,6-8H2,1-5H3. The van der Waals surface area contributed by atoms with Crippen LogP contribution in [0.3, 0.4) is 0 Å². The Morgan fingerprint density at radius 2 is 1.89 bits per heavy atom. The summed E-state index contributed by atoms with van der Waals surface area (Å²) >= 11 is 0. The average Bonchev–Trinajstić information content (AvgIpc) is 2.63. The minimum atomic E-state index is -3.14. The topological polar surface area (TPSA) is 63.7 Å². The summed E-state index contributed by atoms with van der Waals surface area (Å²) in [5.74, 6) is 0. The molecule has 6 heteroatoms. The molecule has 1 aliphatic heterocycles. The van der Waals surface area contributed by atoms with E-state index >= 15 is 0 Å². The van der Waals surface area contributed by atoms with Gasteiger partial charge in [-0.15, -0.1) is 0 Å². The number of hydrogen-bond acceptors (Lipinski definition) is 4. The van der Waals surface area contributed by atoms with Crippen molar-refractivity contribution in [3.63, 3.8) is 0 Å². The van der Waals surface area contributed by atoms with Crippen molar-refractivity contribution in [2.75, 3.05) is 13.1 Å². The van der Waals surface area contributed by atoms with E-state index in [2.05, 4.69) is 0 Å². The van der Waals surface area contributed by atoms with E-state index in [1.807, 2.05) is 0 Å². The molecule has 18 heavy (non-hydrogen) atoms. The zero-order chi connectivity index (χ0) is 14.1. The van der Waals surface area contributed by atoms with E-state index in [0.717, 1.165) is 0 Å². The lowest BCUT2D eigenvalue weighted by atomic mass is 10.2. The molecule has 0 spiro atoms. The minimum Gasteiger partial charge on any atom is -0.444 e. The van der Waals surface area contributed by atoms with Gasteiger partial charge in [0.25, 0.3) is 0 Å². The zero-order valence-electron chi connectivity index (χ0n) is 11.8. The summed E-state index contributed by atoms with van der Waals surface area (Å²) in [4.78, 5) is 13.3. The number of nitrogens with zero attached hydrogens (tertiary/aromatic N) is 1. The van der Waals surface area contributed by atoms with E-state index < -0.39 is 32.0 Å². The maximum Gasteiger partial charge on any atom is 0.410 e. The van der Waals surface area contributed by atoms with Crippen molar-refractivity contribution >= 4 is 15.9 Å². The van der Waals surface area contributed by atoms with Crippen LogP contribution in [0.2, 0.25) is 0 Å². The molecule has 0 aliphatic carbocycles. The van der Waals surface area contributed by atoms with E-state index in [-0.39, 0.29) is 6.54 Å². The Balaban J connectivity index is 2.65. The molecule has 106 valence electrons. The highest BCUT2D eigenvalue weighted by Crippen LogP contribution is 2.22. The predicted octanol–water partition coefficient (Wildman–Crippen LogP) is 1.82. The molecular formula is C12H23NO4S. The Hall–Kier alpha value is -0.780. The highest BCUT2D eigenvalue weighted by Gasteiger charge is 2.37. The molecule has 0 saturated carbocycles. The Morgan fingerprint density at radius 1 is 1.33 bits per heavy atom. The third kappa shape index (κ3) is 3.60. The third-order valence-electron chi connectivity index (χ3n) is 2.92. The molecule has 1 unspecified atom stereocenters. The van der Waals surface area contributed by atoms with Crippen LogP contribution in [0.4, 0.5) is 4.79 Å². The SMILES string of the molecule is CC(C)S(=O)(=O)C1CCN(C(=O)OC(C)(C)C)C1. The molecule has 0 N–H and O–H groups in total. The van der Waals surface area contributed by atoms with Crippen molar-refractivity contribution in [1.29, 1.82) is 0 Å². The van der Waals surface area contributed by atoms with Gasteiger partial charge in [0.05, 0.1) is 10.5 Å². The molecule has 0 aromatic carbocycles. The molecule has 1 fully saturated rings. The fraction of sp³-hybridized carbons (Fsp3) is 0.917. The summed E-state index contributed by atoms with van der Waals surface area (Å²) in [5, 5.41) is -0.855. The second-order valence-corrected chi connectivity index (χ2v) is 8.76. The highest BCUT2D eigenvalue weighted by molar-refractivity contribution is 7.92. The number of sulfone groups is 1. The first-order valence-electron chi connectivity index (χ1n) is 6.24. The number of ether oxygens (including phenoxy) is 1. The second-order valence-electron chi connectivity index (χ2n) is 5.97. The van der Waals surface area contributed by atoms with E-state index in [1.54, 1.807) is 34.6 Å². The van der Waals surface area contributed by atoms with Crippen molar-refractivity contribution in [2.24, 2.45) is 0 Å². The lowest BCUT2D eigenvalue weighted by molar-refractivity contribution is 0.0295. The molecule has 1 heterocycles. The summed E-state index contributed by atoms with van der Waals surface area (Å²) in [6.07, 6.45) is 0.0729. The number of likely N-dealkylation sites (tertiary alicyclic amines) is 1. The van der Waals surface area contributed by atoms with Crippen molar-refractivity contribution < 1.29 is 17.9 Å². The first-order chi connectivity index (χ1) is 8.04. The van der Waals surface area contributed by atoms with Crippen LogP contribution in [-0.2, 0) is 14.6 Å². The van der Waals surface area contributed by atoms with Gasteiger partial charge in [0.1, 0.15) is 5.60 Å². The van der Waals surface area contributed by atoms with Gasteiger partial charge in [0, 0.05) is 13.1 Å². The van der Waals surface area contributed by atoms with Gasteiger partial charge in [0.2, 0.25) is 0 Å². The normalized spacial score (nSPS) is 21.4. The minimum absolute atomic E-state index is 0.245. The Morgan fingerprint density at radius 3 is 2.33 bits per heavy atom. The maximum absolute atomic E-state index is 12.0. The third-order valence-corrected chi connectivity index (χ3v) is 5.55. The monoisotopic (exact) mass is 277 g/mol. The second kappa shape index (κ2) is 5.07. The van der Waals surface area contributed by atoms with Crippen LogP contribution >= 0.6 is 0 Å². The molecule has 0 bridgehead atoms. The van der Waals surface area contributed by atoms with Gasteiger partial charge in [-0.25, -0.2) is 13.2 Å². The molecule has 1 aliphatic rings. The van der Waals surface area contributed by atoms with Gasteiger partial charge in [-0.1, -0.05) is 0 Å². The molecule has 1 saturated heterocycles. The van der Waals surface area contributed by atoms with Gasteiger partial charge in [0.15, 0.2) is 9.84 Å². The van der Waals surface area contributed by atoms with Crippen LogP contribution in [-0.4, -0.2) is 48.6 Å². The predicted molar refractivity (Wildman–Crippen MR) is 70.3 cm³/mol. The first-order valence-corrected chi connectivity index (χ1v) is 7.85. The summed E-state index contributed by atoms with van der Waals surface area (Å²) in [7, 11) is -3.14. The maximum atomic E-state index is 12.0. The van der Waals surface area contributed by atoms with Crippen molar-refractivity contribution in [1.82, 2.24) is 4.90 Å². The van der Waals surface area contributed by atoms with Crippen LogP contribution in [0, 0.1) is 0 Å². The average molecular weight is 277 g/mol. The van der Waals surface area contributed by atoms with Gasteiger partial charge in [-0.05, 0) is 41.0 Å². The summed E-state index contributed by atoms with van der Waals surface area (Å²) in [6, 6.07) is 0. The molecular weight excluding hydrogens is 254 g/mol. The summed E-state index contributed by atoms with van der Waals surface area (Å²) in [5.41, 5.74) is -0.550. The molecule has 0 aromatic heterocycles. The van der Waals surface area contributed by atoms with E-state index in [9.17, 15) is 13.2 Å². The fourth-order valence-corrected chi connectivity index (χ4v) is 3.47. The molecule has 0 aromatic rings. The van der Waals surface area contributed by atoms with Gasteiger partial charge in [-0.2, -0.15) is 0 Å². The smallest absolute Gasteiger partial charge is 0.410 e. The zero-order valence-corrected chi connectivity index (χ0v) is 12.6. The number of carbonyl (C=O) groups excluding carboxylic acids is 1. The van der Waals surface area contributed by atoms with Gasteiger partial charge >= 0.3 is 6.09 Å². The van der Waals surface area contributed by atoms with Gasteiger partial charge < -0.3 is 9.64 Å². The Labute approximate surface area is 109 Å². The molecule has 1 amide bonds. The van der Waals surface area contributed by atoms with E-state index in [1.165, 1.54) is 4.90 Å². The van der Waals surface area contributed by atoms with Crippen LogP contribution in [0.5, 0.6) is 0 Å². The number of carbonyl (C=O) groups is 1. The summed E-state index contributed by atoms with van der Waals surface area (Å²) in [6.45, 7) is 9.42. The summed E-state index contributed by atoms with van der Waals surface area (Å²) < 4.78 is 29.2. The van der Waals surface area contributed by atoms with Crippen molar-refractivity contribution in [3.8, 4) is 0 Å². The highest BCUT2D eigenvalue weighted by atomic mass is 32.2.